The fourth-order valence-electron chi connectivity index (χ4n) is 2.86. The topological polar surface area (TPSA) is 81.7 Å². The first-order chi connectivity index (χ1) is 12.8. The summed E-state index contributed by atoms with van der Waals surface area (Å²) in [4.78, 5) is 36.5. The molecule has 2 aromatic rings. The molecule has 0 saturated carbocycles. The molecule has 6 nitrogen and oxygen atoms in total. The van der Waals surface area contributed by atoms with E-state index in [9.17, 15) is 18.8 Å². The van der Waals surface area contributed by atoms with E-state index in [1.165, 1.54) is 37.3 Å². The molecule has 27 heavy (non-hydrogen) atoms. The van der Waals surface area contributed by atoms with E-state index in [4.69, 9.17) is 9.47 Å². The van der Waals surface area contributed by atoms with Crippen LogP contribution in [0.25, 0.3) is 0 Å². The van der Waals surface area contributed by atoms with Crippen molar-refractivity contribution < 1.29 is 28.2 Å². The average Bonchev–Trinajstić information content (AvgIpc) is 2.62. The maximum Gasteiger partial charge on any atom is 0.339 e. The molecule has 1 amide bonds. The summed E-state index contributed by atoms with van der Waals surface area (Å²) in [6.07, 6.45) is 0.0541. The van der Waals surface area contributed by atoms with Gasteiger partial charge in [0.2, 0.25) is 0 Å². The van der Waals surface area contributed by atoms with E-state index in [0.717, 1.165) is 0 Å². The van der Waals surface area contributed by atoms with Gasteiger partial charge in [-0.05, 0) is 61.9 Å². The molecule has 0 bridgehead atoms. The van der Waals surface area contributed by atoms with Crippen molar-refractivity contribution in [2.45, 2.75) is 25.9 Å². The van der Waals surface area contributed by atoms with E-state index in [-0.39, 0.29) is 18.6 Å². The zero-order chi connectivity index (χ0) is 19.6. The Labute approximate surface area is 155 Å². The van der Waals surface area contributed by atoms with Crippen LogP contribution < -0.4 is 5.32 Å². The van der Waals surface area contributed by atoms with Gasteiger partial charge in [0, 0.05) is 12.1 Å². The normalized spacial score (nSPS) is 18.3. The van der Waals surface area contributed by atoms with Gasteiger partial charge in [0.05, 0.1) is 17.7 Å². The molecule has 0 radical (unpaired) electrons. The van der Waals surface area contributed by atoms with Gasteiger partial charge >= 0.3 is 11.9 Å². The second-order valence-electron chi connectivity index (χ2n) is 6.35. The number of fused-ring (bicyclic) bond motifs is 1. The minimum absolute atomic E-state index is 0.0541. The van der Waals surface area contributed by atoms with Crippen LogP contribution >= 0.6 is 0 Å². The third-order valence-corrected chi connectivity index (χ3v) is 4.27. The molecule has 1 N–H and O–H groups in total. The van der Waals surface area contributed by atoms with E-state index >= 15 is 0 Å². The second kappa shape index (κ2) is 7.19. The number of esters is 2. The number of cyclic esters (lactones) is 1. The molecular formula is C20H18FNO5. The lowest BCUT2D eigenvalue weighted by molar-refractivity contribution is -0.134. The molecule has 3 rings (SSSR count). The fourth-order valence-corrected chi connectivity index (χ4v) is 2.86. The predicted molar refractivity (Wildman–Crippen MR) is 95.0 cm³/mol. The maximum absolute atomic E-state index is 13.5. The number of ether oxygens (including phenoxy) is 2. The highest BCUT2D eigenvalue weighted by Gasteiger charge is 2.42. The SMILES string of the molecule is CCOC(=O)c1ccc(NC(=O)C2(C)Cc3cc(F)ccc3C(=O)O2)cc1. The summed E-state index contributed by atoms with van der Waals surface area (Å²) in [6, 6.07) is 9.89. The van der Waals surface area contributed by atoms with Crippen LogP contribution in [0, 0.1) is 5.82 Å². The zero-order valence-electron chi connectivity index (χ0n) is 14.9. The van der Waals surface area contributed by atoms with Gasteiger partial charge in [0.15, 0.2) is 5.60 Å². The number of hydrogen-bond donors (Lipinski definition) is 1. The van der Waals surface area contributed by atoms with E-state index in [0.29, 0.717) is 16.8 Å². The van der Waals surface area contributed by atoms with Gasteiger partial charge in [-0.25, -0.2) is 14.0 Å². The van der Waals surface area contributed by atoms with Crippen LogP contribution in [0.4, 0.5) is 10.1 Å². The minimum atomic E-state index is -1.47. The van der Waals surface area contributed by atoms with Gasteiger partial charge < -0.3 is 14.8 Å². The summed E-state index contributed by atoms with van der Waals surface area (Å²) in [5.74, 6) is -2.16. The molecule has 2 aromatic carbocycles. The largest absolute Gasteiger partial charge is 0.462 e. The molecule has 1 aliphatic heterocycles. The molecular weight excluding hydrogens is 353 g/mol. The summed E-state index contributed by atoms with van der Waals surface area (Å²) >= 11 is 0. The third kappa shape index (κ3) is 3.81. The van der Waals surface area contributed by atoms with Crippen LogP contribution in [0.2, 0.25) is 0 Å². The van der Waals surface area contributed by atoms with E-state index in [2.05, 4.69) is 5.32 Å². The Kier molecular flexibility index (Phi) is 4.94. The number of nitrogens with one attached hydrogen (secondary N) is 1. The van der Waals surface area contributed by atoms with Crippen molar-refractivity contribution in [1.82, 2.24) is 0 Å². The Morgan fingerprint density at radius 3 is 2.59 bits per heavy atom. The molecule has 1 aliphatic rings. The lowest BCUT2D eigenvalue weighted by Crippen LogP contribution is -2.49. The number of halogens is 1. The van der Waals surface area contributed by atoms with E-state index in [1.54, 1.807) is 19.1 Å². The first-order valence-corrected chi connectivity index (χ1v) is 8.43. The van der Waals surface area contributed by atoms with Crippen LogP contribution in [0.3, 0.4) is 0 Å². The predicted octanol–water partition coefficient (Wildman–Crippen LogP) is 3.11. The highest BCUT2D eigenvalue weighted by molar-refractivity contribution is 6.02. The second-order valence-corrected chi connectivity index (χ2v) is 6.35. The molecule has 0 fully saturated rings. The Morgan fingerprint density at radius 2 is 1.93 bits per heavy atom. The number of anilines is 1. The summed E-state index contributed by atoms with van der Waals surface area (Å²) in [5.41, 5.74) is -0.0236. The van der Waals surface area contributed by atoms with Crippen molar-refractivity contribution in [3.05, 3.63) is 65.0 Å². The van der Waals surface area contributed by atoms with Crippen molar-refractivity contribution in [1.29, 1.82) is 0 Å². The molecule has 7 heteroatoms. The molecule has 1 unspecified atom stereocenters. The summed E-state index contributed by atoms with van der Waals surface area (Å²) in [7, 11) is 0. The monoisotopic (exact) mass is 371 g/mol. The smallest absolute Gasteiger partial charge is 0.339 e. The van der Waals surface area contributed by atoms with Crippen molar-refractivity contribution in [2.24, 2.45) is 0 Å². The number of benzene rings is 2. The van der Waals surface area contributed by atoms with Crippen LogP contribution in [-0.2, 0) is 20.7 Å². The zero-order valence-corrected chi connectivity index (χ0v) is 14.9. The number of amides is 1. The highest BCUT2D eigenvalue weighted by atomic mass is 19.1. The molecule has 0 aliphatic carbocycles. The molecule has 0 aromatic heterocycles. The maximum atomic E-state index is 13.5. The van der Waals surface area contributed by atoms with E-state index in [1.807, 2.05) is 0 Å². The Hall–Kier alpha value is -3.22. The van der Waals surface area contributed by atoms with Crippen molar-refractivity contribution in [3.8, 4) is 0 Å². The van der Waals surface area contributed by atoms with Gasteiger partial charge in [0.25, 0.3) is 5.91 Å². The third-order valence-electron chi connectivity index (χ3n) is 4.27. The molecule has 0 saturated heterocycles. The molecule has 1 heterocycles. The number of rotatable bonds is 4. The Morgan fingerprint density at radius 1 is 1.22 bits per heavy atom. The fraction of sp³-hybridized carbons (Fsp3) is 0.250. The average molecular weight is 371 g/mol. The van der Waals surface area contributed by atoms with Gasteiger partial charge in [-0.1, -0.05) is 0 Å². The van der Waals surface area contributed by atoms with Crippen LogP contribution in [0.5, 0.6) is 0 Å². The first-order valence-electron chi connectivity index (χ1n) is 8.43. The lowest BCUT2D eigenvalue weighted by Gasteiger charge is -2.33. The van der Waals surface area contributed by atoms with Crippen molar-refractivity contribution in [3.63, 3.8) is 0 Å². The van der Waals surface area contributed by atoms with Crippen LogP contribution in [0.15, 0.2) is 42.5 Å². The van der Waals surface area contributed by atoms with Crippen molar-refractivity contribution >= 4 is 23.5 Å². The van der Waals surface area contributed by atoms with Crippen molar-refractivity contribution in [2.75, 3.05) is 11.9 Å². The van der Waals surface area contributed by atoms with Crippen LogP contribution in [-0.4, -0.2) is 30.1 Å². The molecule has 1 atom stereocenters. The molecule has 140 valence electrons. The lowest BCUT2D eigenvalue weighted by atomic mass is 9.89. The van der Waals surface area contributed by atoms with Gasteiger partial charge in [-0.2, -0.15) is 0 Å². The van der Waals surface area contributed by atoms with Gasteiger partial charge in [-0.3, -0.25) is 4.79 Å². The number of hydrogen-bond acceptors (Lipinski definition) is 5. The summed E-state index contributed by atoms with van der Waals surface area (Å²) < 4.78 is 23.7. The minimum Gasteiger partial charge on any atom is -0.462 e. The number of carbonyl (C=O) groups is 3. The molecule has 0 spiro atoms. The Bertz CT molecular complexity index is 909. The highest BCUT2D eigenvalue weighted by Crippen LogP contribution is 2.30. The van der Waals surface area contributed by atoms with E-state index < -0.39 is 29.3 Å². The van der Waals surface area contributed by atoms with Gasteiger partial charge in [-0.15, -0.1) is 0 Å². The van der Waals surface area contributed by atoms with Crippen LogP contribution in [0.1, 0.15) is 40.1 Å². The summed E-state index contributed by atoms with van der Waals surface area (Å²) in [6.45, 7) is 3.45. The van der Waals surface area contributed by atoms with Gasteiger partial charge in [0.1, 0.15) is 5.82 Å². The Balaban J connectivity index is 1.76. The first kappa shape index (κ1) is 18.6. The number of carbonyl (C=O) groups excluding carboxylic acids is 3. The quantitative estimate of drug-likeness (QED) is 0.835. The summed E-state index contributed by atoms with van der Waals surface area (Å²) in [5, 5.41) is 2.65. The standard InChI is InChI=1S/C20H18FNO5/c1-3-26-17(23)12-4-7-15(8-5-12)22-19(25)20(2)11-13-10-14(21)6-9-16(13)18(24)27-20/h4-10H,3,11H2,1-2H3,(H,22,25).